The molecule has 0 spiro atoms. The van der Waals surface area contributed by atoms with E-state index < -0.39 is 0 Å². The highest BCUT2D eigenvalue weighted by Gasteiger charge is 2.29. The van der Waals surface area contributed by atoms with Gasteiger partial charge in [0.2, 0.25) is 5.96 Å². The summed E-state index contributed by atoms with van der Waals surface area (Å²) >= 11 is 6.24. The molecule has 2 aromatic carbocycles. The summed E-state index contributed by atoms with van der Waals surface area (Å²) in [5.41, 5.74) is 4.86. The van der Waals surface area contributed by atoms with Crippen LogP contribution in [0.25, 0.3) is 5.70 Å². The second-order valence-electron chi connectivity index (χ2n) is 7.62. The van der Waals surface area contributed by atoms with Gasteiger partial charge in [-0.3, -0.25) is 0 Å². The number of fused-ring (bicyclic) bond motifs is 1. The first kappa shape index (κ1) is 23.0. The Morgan fingerprint density at radius 3 is 2.42 bits per heavy atom. The number of hydrazone groups is 1. The molecule has 2 aromatic rings. The molecule has 0 unspecified atom stereocenters. The molecule has 1 saturated heterocycles. The van der Waals surface area contributed by atoms with E-state index in [1.54, 1.807) is 0 Å². The molecule has 2 aliphatic heterocycles. The van der Waals surface area contributed by atoms with E-state index in [1.165, 1.54) is 5.56 Å². The van der Waals surface area contributed by atoms with Crippen LogP contribution in [0.1, 0.15) is 31.9 Å². The van der Waals surface area contributed by atoms with E-state index in [0.717, 1.165) is 61.2 Å². The second kappa shape index (κ2) is 10.6. The Kier molecular flexibility index (Phi) is 7.88. The number of guanidine groups is 1. The predicted octanol–water partition coefficient (Wildman–Crippen LogP) is 5.51. The number of rotatable bonds is 3. The van der Waals surface area contributed by atoms with Gasteiger partial charge in [0, 0.05) is 48.9 Å². The first-order chi connectivity index (χ1) is 15.0. The average Bonchev–Trinajstić information content (AvgIpc) is 2.79. The molecule has 31 heavy (non-hydrogen) atoms. The van der Waals surface area contributed by atoms with E-state index in [0.29, 0.717) is 5.02 Å². The topological polar surface area (TPSA) is 34.4 Å². The van der Waals surface area contributed by atoms with Crippen molar-refractivity contribution in [2.45, 2.75) is 27.2 Å². The number of hydrogen-bond acceptors (Lipinski definition) is 5. The maximum Gasteiger partial charge on any atom is 0.227 e. The maximum atomic E-state index is 6.24. The van der Waals surface area contributed by atoms with Crippen LogP contribution in [0.5, 0.6) is 0 Å². The van der Waals surface area contributed by atoms with Crippen LogP contribution >= 0.6 is 11.6 Å². The first-order valence-electron chi connectivity index (χ1n) is 10.9. The largest absolute Gasteiger partial charge is 0.338 e. The van der Waals surface area contributed by atoms with Gasteiger partial charge in [-0.1, -0.05) is 62.4 Å². The highest BCUT2D eigenvalue weighted by molar-refractivity contribution is 6.31. The summed E-state index contributed by atoms with van der Waals surface area (Å²) in [6, 6.07) is 16.1. The number of hydrogen-bond donors (Lipinski definition) is 0. The third kappa shape index (κ3) is 5.54. The molecular formula is C25H32ClN5. The lowest BCUT2D eigenvalue weighted by Gasteiger charge is -2.39. The van der Waals surface area contributed by atoms with Crippen LogP contribution < -0.4 is 0 Å². The number of benzene rings is 2. The maximum absolute atomic E-state index is 6.24. The van der Waals surface area contributed by atoms with Crippen molar-refractivity contribution in [3.05, 3.63) is 71.3 Å². The fourth-order valence-electron chi connectivity index (χ4n) is 3.64. The highest BCUT2D eigenvalue weighted by atomic mass is 35.5. The van der Waals surface area contributed by atoms with E-state index in [2.05, 4.69) is 54.6 Å². The van der Waals surface area contributed by atoms with Crippen molar-refractivity contribution < 1.29 is 0 Å². The Bertz CT molecular complexity index is 959. The first-order valence-corrected chi connectivity index (χ1v) is 11.3. The van der Waals surface area contributed by atoms with Gasteiger partial charge in [-0.05, 0) is 37.7 Å². The molecule has 2 heterocycles. The quantitative estimate of drug-likeness (QED) is 0.594. The van der Waals surface area contributed by atoms with E-state index in [4.69, 9.17) is 21.7 Å². The van der Waals surface area contributed by atoms with Crippen molar-refractivity contribution in [2.24, 2.45) is 10.1 Å². The summed E-state index contributed by atoms with van der Waals surface area (Å²) in [7, 11) is 2.15. The zero-order valence-corrected chi connectivity index (χ0v) is 19.7. The summed E-state index contributed by atoms with van der Waals surface area (Å²) in [6.07, 6.45) is 0.781. The third-order valence-electron chi connectivity index (χ3n) is 5.29. The second-order valence-corrected chi connectivity index (χ2v) is 8.06. The van der Waals surface area contributed by atoms with Crippen LogP contribution in [0.3, 0.4) is 0 Å². The number of halogens is 1. The Morgan fingerprint density at radius 2 is 1.74 bits per heavy atom. The van der Waals surface area contributed by atoms with Gasteiger partial charge in [0.05, 0.1) is 11.4 Å². The molecule has 6 heteroatoms. The zero-order chi connectivity index (χ0) is 22.4. The number of likely N-dealkylation sites (N-methyl/N-ethyl adjacent to an activating group) is 1. The van der Waals surface area contributed by atoms with E-state index in [9.17, 15) is 0 Å². The van der Waals surface area contributed by atoms with Crippen LogP contribution in [0.4, 0.5) is 5.69 Å². The molecule has 1 fully saturated rings. The van der Waals surface area contributed by atoms with Gasteiger partial charge in [0.15, 0.2) is 0 Å². The van der Waals surface area contributed by atoms with Gasteiger partial charge in [-0.15, -0.1) is 0 Å². The SMILES string of the molecule is C=C1c2cc(Cl)ccc2N=C(N2CCN(C)CC2)N1/N=C(\C)Cc1ccccc1.CC. The minimum atomic E-state index is 0.674. The zero-order valence-electron chi connectivity index (χ0n) is 19.0. The third-order valence-corrected chi connectivity index (χ3v) is 5.53. The predicted molar refractivity (Wildman–Crippen MR) is 133 cm³/mol. The molecule has 0 bridgehead atoms. The average molecular weight is 438 g/mol. The molecule has 0 saturated carbocycles. The monoisotopic (exact) mass is 437 g/mol. The standard InChI is InChI=1S/C23H26ClN5.C2H6/c1-17(15-19-7-5-4-6-8-19)26-29-18(2)21-16-20(24)9-10-22(21)25-23(29)28-13-11-27(3)12-14-28;1-2/h4-10,16H,2,11-15H2,1,3H3;1-2H3/b26-17+;. The van der Waals surface area contributed by atoms with Gasteiger partial charge >= 0.3 is 0 Å². The van der Waals surface area contributed by atoms with Crippen molar-refractivity contribution in [1.29, 1.82) is 0 Å². The van der Waals surface area contributed by atoms with Gasteiger partial charge in [-0.2, -0.15) is 5.10 Å². The Labute approximate surface area is 191 Å². The van der Waals surface area contributed by atoms with Crippen LogP contribution in [0, 0.1) is 0 Å². The molecule has 0 aromatic heterocycles. The number of aliphatic imine (C=N–C) groups is 1. The molecule has 0 aliphatic carbocycles. The van der Waals surface area contributed by atoms with E-state index >= 15 is 0 Å². The fourth-order valence-corrected chi connectivity index (χ4v) is 3.81. The molecule has 0 radical (unpaired) electrons. The molecule has 2 aliphatic rings. The minimum Gasteiger partial charge on any atom is -0.338 e. The number of nitrogens with zero attached hydrogens (tertiary/aromatic N) is 5. The Hall–Kier alpha value is -2.63. The van der Waals surface area contributed by atoms with Crippen molar-refractivity contribution in [3.8, 4) is 0 Å². The summed E-state index contributed by atoms with van der Waals surface area (Å²) in [5.74, 6) is 0.838. The van der Waals surface area contributed by atoms with Crippen molar-refractivity contribution in [3.63, 3.8) is 0 Å². The molecule has 0 N–H and O–H groups in total. The van der Waals surface area contributed by atoms with Crippen LogP contribution in [-0.2, 0) is 6.42 Å². The lowest BCUT2D eigenvalue weighted by atomic mass is 10.1. The minimum absolute atomic E-state index is 0.674. The van der Waals surface area contributed by atoms with E-state index in [-0.39, 0.29) is 0 Å². The number of piperazine rings is 1. The van der Waals surface area contributed by atoms with Crippen molar-refractivity contribution in [1.82, 2.24) is 14.8 Å². The molecule has 4 rings (SSSR count). The van der Waals surface area contributed by atoms with E-state index in [1.807, 2.05) is 43.1 Å². The lowest BCUT2D eigenvalue weighted by molar-refractivity contribution is 0.204. The summed E-state index contributed by atoms with van der Waals surface area (Å²) in [5, 5.41) is 7.50. The molecule has 164 valence electrons. The van der Waals surface area contributed by atoms with Crippen molar-refractivity contribution >= 4 is 34.7 Å². The van der Waals surface area contributed by atoms with Crippen LogP contribution in [0.2, 0.25) is 5.02 Å². The van der Waals surface area contributed by atoms with Crippen LogP contribution in [0.15, 0.2) is 65.2 Å². The van der Waals surface area contributed by atoms with Gasteiger partial charge in [0.25, 0.3) is 0 Å². The van der Waals surface area contributed by atoms with Gasteiger partial charge in [0.1, 0.15) is 0 Å². The van der Waals surface area contributed by atoms with Crippen molar-refractivity contribution in [2.75, 3.05) is 33.2 Å². The van der Waals surface area contributed by atoms with Gasteiger partial charge < -0.3 is 9.80 Å². The normalized spacial score (nSPS) is 17.0. The molecule has 0 amide bonds. The Morgan fingerprint density at radius 1 is 1.06 bits per heavy atom. The molecule has 0 atom stereocenters. The summed E-state index contributed by atoms with van der Waals surface area (Å²) in [4.78, 5) is 9.57. The van der Waals surface area contributed by atoms with Crippen LogP contribution in [-0.4, -0.2) is 59.7 Å². The summed E-state index contributed by atoms with van der Waals surface area (Å²) in [6.45, 7) is 14.2. The fraction of sp³-hybridized carbons (Fsp3) is 0.360. The highest BCUT2D eigenvalue weighted by Crippen LogP contribution is 2.36. The Balaban J connectivity index is 0.00000132. The van der Waals surface area contributed by atoms with Gasteiger partial charge in [-0.25, -0.2) is 10.0 Å². The molecular weight excluding hydrogens is 406 g/mol. The lowest BCUT2D eigenvalue weighted by Crippen LogP contribution is -2.51. The smallest absolute Gasteiger partial charge is 0.227 e. The summed E-state index contributed by atoms with van der Waals surface area (Å²) < 4.78 is 0. The molecule has 5 nitrogen and oxygen atoms in total.